The minimum atomic E-state index is 0. The molecular weight excluding hydrogens is 326 g/mol. The molecule has 154 valence electrons. The summed E-state index contributed by atoms with van der Waals surface area (Å²) < 4.78 is 1.23. The predicted molar refractivity (Wildman–Crippen MR) is 112 cm³/mol. The van der Waals surface area contributed by atoms with Crippen LogP contribution in [0.2, 0.25) is 0 Å². The summed E-state index contributed by atoms with van der Waals surface area (Å²) >= 11 is 0. The van der Waals surface area contributed by atoms with Gasteiger partial charge in [-0.2, -0.15) is 0 Å². The van der Waals surface area contributed by atoms with E-state index in [2.05, 4.69) is 41.8 Å². The van der Waals surface area contributed by atoms with Crippen molar-refractivity contribution < 1.29 is 16.9 Å². The van der Waals surface area contributed by atoms with Crippen LogP contribution in [0.25, 0.3) is 0 Å². The lowest BCUT2D eigenvalue weighted by Gasteiger charge is -2.49. The Balaban J connectivity index is 0. The molecule has 0 aromatic carbocycles. The Hall–Kier alpha value is 0.250. The van der Waals surface area contributed by atoms with Crippen molar-refractivity contribution in [3.63, 3.8) is 0 Å². The third kappa shape index (κ3) is 10.9. The summed E-state index contributed by atoms with van der Waals surface area (Å²) in [5, 5.41) is 0. The maximum Gasteiger partial charge on any atom is 0.0985 e. The second-order valence-electron chi connectivity index (χ2n) is 8.67. The van der Waals surface area contributed by atoms with Crippen LogP contribution in [-0.2, 0) is 0 Å². The highest BCUT2D eigenvalue weighted by atomic mass is 35.5. The maximum atomic E-state index is 2.49. The summed E-state index contributed by atoms with van der Waals surface area (Å²) in [6, 6.07) is 0. The minimum Gasteiger partial charge on any atom is -1.00 e. The monoisotopic (exact) mass is 375 g/mol. The second kappa shape index (κ2) is 16.4. The fourth-order valence-electron chi connectivity index (χ4n) is 4.71. The fourth-order valence-corrected chi connectivity index (χ4v) is 4.71. The molecule has 0 aromatic rings. The number of rotatable bonds is 17. The molecule has 0 bridgehead atoms. The Morgan fingerprint density at radius 1 is 0.560 bits per heavy atom. The first-order valence-corrected chi connectivity index (χ1v) is 11.3. The molecule has 0 aliphatic heterocycles. The molecule has 0 heterocycles. The molecule has 0 N–H and O–H groups in total. The molecule has 0 aliphatic rings. The van der Waals surface area contributed by atoms with Gasteiger partial charge in [-0.25, -0.2) is 0 Å². The zero-order chi connectivity index (χ0) is 18.3. The van der Waals surface area contributed by atoms with Crippen LogP contribution in [0.4, 0.5) is 0 Å². The first-order chi connectivity index (χ1) is 11.5. The molecule has 0 aromatic heterocycles. The highest BCUT2D eigenvalue weighted by molar-refractivity contribution is 4.79. The Morgan fingerprint density at radius 3 is 1.44 bits per heavy atom. The minimum absolute atomic E-state index is 0. The highest BCUT2D eigenvalue weighted by Crippen LogP contribution is 2.35. The van der Waals surface area contributed by atoms with Crippen LogP contribution in [0.15, 0.2) is 0 Å². The standard InChI is InChI=1S/C23H50N.ClH/c1-7-11-12-13-14-15-16-17-18-19-21-23(10-4,20-8-2)24(5,6)22-9-3;/h7-22H2,1-6H3;1H/q+1;/p-1. The Bertz CT molecular complexity index is 277. The molecule has 25 heavy (non-hydrogen) atoms. The molecule has 0 amide bonds. The van der Waals surface area contributed by atoms with Gasteiger partial charge in [0.2, 0.25) is 0 Å². The van der Waals surface area contributed by atoms with E-state index in [1.165, 1.54) is 107 Å². The number of nitrogens with zero attached hydrogens (tertiary/aromatic N) is 1. The molecule has 0 aliphatic carbocycles. The molecule has 2 heteroatoms. The zero-order valence-electron chi connectivity index (χ0n) is 18.6. The number of halogens is 1. The number of hydrogen-bond acceptors (Lipinski definition) is 0. The third-order valence-corrected chi connectivity index (χ3v) is 6.44. The van der Waals surface area contributed by atoms with Crippen LogP contribution < -0.4 is 12.4 Å². The van der Waals surface area contributed by atoms with Crippen molar-refractivity contribution in [2.75, 3.05) is 20.6 Å². The molecular formula is C23H50ClN. The van der Waals surface area contributed by atoms with Gasteiger partial charge in [0.25, 0.3) is 0 Å². The van der Waals surface area contributed by atoms with E-state index in [4.69, 9.17) is 0 Å². The Labute approximate surface area is 167 Å². The normalized spacial score (nSPS) is 14.2. The quantitative estimate of drug-likeness (QED) is 0.254. The van der Waals surface area contributed by atoms with Gasteiger partial charge in [-0.1, -0.05) is 91.9 Å². The largest absolute Gasteiger partial charge is 1.00 e. The van der Waals surface area contributed by atoms with Crippen molar-refractivity contribution in [1.82, 2.24) is 0 Å². The van der Waals surface area contributed by atoms with Crippen molar-refractivity contribution in [2.45, 2.75) is 130 Å². The smallest absolute Gasteiger partial charge is 0.0985 e. The Kier molecular flexibility index (Phi) is 18.0. The fraction of sp³-hybridized carbons (Fsp3) is 1.00. The van der Waals surface area contributed by atoms with Crippen LogP contribution >= 0.6 is 0 Å². The van der Waals surface area contributed by atoms with Gasteiger partial charge in [-0.05, 0) is 19.3 Å². The molecule has 0 rings (SSSR count). The van der Waals surface area contributed by atoms with Crippen molar-refractivity contribution in [3.05, 3.63) is 0 Å². The van der Waals surface area contributed by atoms with Crippen molar-refractivity contribution in [1.29, 1.82) is 0 Å². The first kappa shape index (κ1) is 27.5. The van der Waals surface area contributed by atoms with E-state index in [0.29, 0.717) is 5.54 Å². The van der Waals surface area contributed by atoms with Crippen LogP contribution in [0.5, 0.6) is 0 Å². The number of unbranched alkanes of at least 4 members (excludes halogenated alkanes) is 9. The van der Waals surface area contributed by atoms with Crippen molar-refractivity contribution in [2.24, 2.45) is 0 Å². The summed E-state index contributed by atoms with van der Waals surface area (Å²) in [4.78, 5) is 0. The zero-order valence-corrected chi connectivity index (χ0v) is 19.4. The average molecular weight is 376 g/mol. The second-order valence-corrected chi connectivity index (χ2v) is 8.67. The Morgan fingerprint density at radius 2 is 1.04 bits per heavy atom. The van der Waals surface area contributed by atoms with E-state index in [1.807, 2.05) is 0 Å². The molecule has 0 saturated carbocycles. The van der Waals surface area contributed by atoms with E-state index in [-0.39, 0.29) is 12.4 Å². The van der Waals surface area contributed by atoms with Crippen LogP contribution in [-0.4, -0.2) is 30.7 Å². The lowest BCUT2D eigenvalue weighted by atomic mass is 9.81. The molecule has 1 nitrogen and oxygen atoms in total. The summed E-state index contributed by atoms with van der Waals surface area (Å²) in [5.74, 6) is 0. The van der Waals surface area contributed by atoms with Crippen LogP contribution in [0.3, 0.4) is 0 Å². The topological polar surface area (TPSA) is 0 Å². The van der Waals surface area contributed by atoms with Crippen molar-refractivity contribution >= 4 is 0 Å². The highest BCUT2D eigenvalue weighted by Gasteiger charge is 2.41. The van der Waals surface area contributed by atoms with E-state index < -0.39 is 0 Å². The van der Waals surface area contributed by atoms with Gasteiger partial charge in [0.05, 0.1) is 26.2 Å². The summed E-state index contributed by atoms with van der Waals surface area (Å²) in [7, 11) is 4.97. The summed E-state index contributed by atoms with van der Waals surface area (Å²) in [6.07, 6.45) is 21.3. The maximum absolute atomic E-state index is 2.49. The van der Waals surface area contributed by atoms with Gasteiger partial charge in [-0.15, -0.1) is 0 Å². The lowest BCUT2D eigenvalue weighted by molar-refractivity contribution is -0.943. The molecule has 0 fully saturated rings. The first-order valence-electron chi connectivity index (χ1n) is 11.3. The van der Waals surface area contributed by atoms with E-state index >= 15 is 0 Å². The van der Waals surface area contributed by atoms with Crippen molar-refractivity contribution in [3.8, 4) is 0 Å². The van der Waals surface area contributed by atoms with Gasteiger partial charge in [0.1, 0.15) is 0 Å². The molecule has 0 saturated heterocycles. The van der Waals surface area contributed by atoms with E-state index in [0.717, 1.165) is 0 Å². The van der Waals surface area contributed by atoms with Gasteiger partial charge in [0, 0.05) is 12.8 Å². The third-order valence-electron chi connectivity index (χ3n) is 6.44. The molecule has 0 spiro atoms. The van der Waals surface area contributed by atoms with Gasteiger partial charge in [0.15, 0.2) is 0 Å². The van der Waals surface area contributed by atoms with E-state index in [9.17, 15) is 0 Å². The van der Waals surface area contributed by atoms with Gasteiger partial charge >= 0.3 is 0 Å². The molecule has 1 atom stereocenters. The lowest BCUT2D eigenvalue weighted by Crippen LogP contribution is -3.00. The van der Waals surface area contributed by atoms with Gasteiger partial charge in [-0.3, -0.25) is 0 Å². The van der Waals surface area contributed by atoms with Crippen LogP contribution in [0, 0.1) is 0 Å². The van der Waals surface area contributed by atoms with Crippen LogP contribution in [0.1, 0.15) is 124 Å². The van der Waals surface area contributed by atoms with E-state index in [1.54, 1.807) is 0 Å². The summed E-state index contributed by atoms with van der Waals surface area (Å²) in [5.41, 5.74) is 0.519. The van der Waals surface area contributed by atoms with Gasteiger partial charge < -0.3 is 16.9 Å². The predicted octanol–water partition coefficient (Wildman–Crippen LogP) is 4.74. The molecule has 1 unspecified atom stereocenters. The summed E-state index contributed by atoms with van der Waals surface area (Å²) in [6.45, 7) is 10.8. The number of hydrogen-bond donors (Lipinski definition) is 0. The average Bonchev–Trinajstić information content (AvgIpc) is 2.55. The number of quaternary nitrogens is 1. The molecule has 0 radical (unpaired) electrons. The SMILES string of the molecule is CCCCCCCCCCCCC(CC)(CCC)[N+](C)(C)CCC.[Cl-].